The van der Waals surface area contributed by atoms with E-state index in [0.29, 0.717) is 23.2 Å². The fraction of sp³-hybridized carbons (Fsp3) is 0.467. The summed E-state index contributed by atoms with van der Waals surface area (Å²) in [6.45, 7) is 6.56. The van der Waals surface area contributed by atoms with E-state index in [-0.39, 0.29) is 21.7 Å². The van der Waals surface area contributed by atoms with E-state index in [0.717, 1.165) is 31.6 Å². The van der Waals surface area contributed by atoms with Gasteiger partial charge in [-0.05, 0) is 76.9 Å². The van der Waals surface area contributed by atoms with E-state index in [2.05, 4.69) is 30.4 Å². The third-order valence-corrected chi connectivity index (χ3v) is 10.5. The van der Waals surface area contributed by atoms with Crippen LogP contribution in [0.5, 0.6) is 5.75 Å². The summed E-state index contributed by atoms with van der Waals surface area (Å²) in [6, 6.07) is 12.9. The Hall–Kier alpha value is -3.15. The predicted molar refractivity (Wildman–Crippen MR) is 166 cm³/mol. The standard InChI is InChI=1S/C30H38ClFN6O3S/c1-21(2)42(39,40)28-9-5-4-8-26(28)34-29-24(31)19-33-30(36-29)35-25-11-10-23(18-27(25)41-20-32)38-16-12-22(13-17-38)37-14-6-3-7-15-37/h4-5,8-11,18-19,21-22H,3,6-7,12-17,20H2,1-2H3,(H2,33,34,35,36). The molecule has 2 aromatic carbocycles. The molecule has 3 aromatic rings. The number of benzene rings is 2. The molecular weight excluding hydrogens is 579 g/mol. The topological polar surface area (TPSA) is 99.7 Å². The molecule has 0 amide bonds. The number of anilines is 5. The first kappa shape index (κ1) is 30.3. The van der Waals surface area contributed by atoms with Crippen molar-refractivity contribution >= 4 is 50.3 Å². The Morgan fingerprint density at radius 3 is 2.48 bits per heavy atom. The molecule has 0 radical (unpaired) electrons. The lowest BCUT2D eigenvalue weighted by Crippen LogP contribution is -2.46. The van der Waals surface area contributed by atoms with Crippen LogP contribution in [0, 0.1) is 0 Å². The summed E-state index contributed by atoms with van der Waals surface area (Å²) in [6.07, 6.45) is 7.55. The van der Waals surface area contributed by atoms with Crippen molar-refractivity contribution < 1.29 is 17.5 Å². The molecule has 0 aliphatic carbocycles. The zero-order valence-corrected chi connectivity index (χ0v) is 25.6. The first-order valence-corrected chi connectivity index (χ1v) is 16.4. The average molecular weight is 617 g/mol. The molecular formula is C30H38ClFN6O3S. The molecule has 5 rings (SSSR count). The Labute approximate surface area is 252 Å². The molecule has 9 nitrogen and oxygen atoms in total. The molecule has 0 bridgehead atoms. The van der Waals surface area contributed by atoms with Gasteiger partial charge in [0.2, 0.25) is 12.8 Å². The van der Waals surface area contributed by atoms with Crippen molar-refractivity contribution in [2.24, 2.45) is 0 Å². The van der Waals surface area contributed by atoms with Gasteiger partial charge in [0.15, 0.2) is 15.7 Å². The smallest absolute Gasteiger partial charge is 0.229 e. The SMILES string of the molecule is CC(C)S(=O)(=O)c1ccccc1Nc1nc(Nc2ccc(N3CCC(N4CCCCC4)CC3)cc2OCF)ncc1Cl. The summed E-state index contributed by atoms with van der Waals surface area (Å²) in [5.74, 6) is 0.751. The first-order chi connectivity index (χ1) is 20.3. The number of likely N-dealkylation sites (tertiary alicyclic amines) is 1. The second kappa shape index (κ2) is 13.4. The molecule has 2 saturated heterocycles. The first-order valence-electron chi connectivity index (χ1n) is 14.5. The van der Waals surface area contributed by atoms with Crippen LogP contribution >= 0.6 is 11.6 Å². The molecule has 226 valence electrons. The fourth-order valence-corrected chi connectivity index (χ4v) is 6.94. The molecule has 0 saturated carbocycles. The van der Waals surface area contributed by atoms with Gasteiger partial charge in [0.1, 0.15) is 10.8 Å². The van der Waals surface area contributed by atoms with Crippen molar-refractivity contribution in [1.29, 1.82) is 0 Å². The normalized spacial score (nSPS) is 16.9. The minimum atomic E-state index is -3.56. The van der Waals surface area contributed by atoms with Gasteiger partial charge in [0.25, 0.3) is 0 Å². The van der Waals surface area contributed by atoms with Crippen molar-refractivity contribution in [3.05, 3.63) is 53.7 Å². The van der Waals surface area contributed by atoms with Gasteiger partial charge >= 0.3 is 0 Å². The van der Waals surface area contributed by atoms with E-state index in [1.807, 2.05) is 18.2 Å². The number of ether oxygens (including phenoxy) is 1. The number of nitrogens with one attached hydrogen (secondary N) is 2. The summed E-state index contributed by atoms with van der Waals surface area (Å²) in [5.41, 5.74) is 1.83. The number of halogens is 2. The molecule has 2 fully saturated rings. The van der Waals surface area contributed by atoms with Crippen LogP contribution in [0.15, 0.2) is 53.6 Å². The number of alkyl halides is 1. The Morgan fingerprint density at radius 2 is 1.76 bits per heavy atom. The Kier molecular flexibility index (Phi) is 9.70. The monoisotopic (exact) mass is 616 g/mol. The number of piperidine rings is 2. The quantitative estimate of drug-likeness (QED) is 0.262. The van der Waals surface area contributed by atoms with Crippen LogP contribution in [-0.4, -0.2) is 67.6 Å². The summed E-state index contributed by atoms with van der Waals surface area (Å²) < 4.78 is 44.6. The lowest BCUT2D eigenvalue weighted by Gasteiger charge is -2.41. The Morgan fingerprint density at radius 1 is 1.02 bits per heavy atom. The zero-order chi connectivity index (χ0) is 29.7. The molecule has 0 atom stereocenters. The second-order valence-electron chi connectivity index (χ2n) is 11.0. The largest absolute Gasteiger partial charge is 0.461 e. The van der Waals surface area contributed by atoms with Crippen molar-refractivity contribution in [1.82, 2.24) is 14.9 Å². The van der Waals surface area contributed by atoms with E-state index in [1.54, 1.807) is 38.1 Å². The van der Waals surface area contributed by atoms with Gasteiger partial charge in [-0.3, -0.25) is 0 Å². The number of aromatic nitrogens is 2. The summed E-state index contributed by atoms with van der Waals surface area (Å²) in [4.78, 5) is 13.8. The lowest BCUT2D eigenvalue weighted by atomic mass is 9.99. The van der Waals surface area contributed by atoms with Gasteiger partial charge in [-0.1, -0.05) is 30.2 Å². The molecule has 42 heavy (non-hydrogen) atoms. The van der Waals surface area contributed by atoms with Crippen molar-refractivity contribution in [2.75, 3.05) is 48.6 Å². The average Bonchev–Trinajstić information content (AvgIpc) is 3.00. The molecule has 2 aliphatic rings. The van der Waals surface area contributed by atoms with Gasteiger partial charge < -0.3 is 25.2 Å². The third kappa shape index (κ3) is 6.90. The van der Waals surface area contributed by atoms with Crippen LogP contribution in [0.4, 0.5) is 33.2 Å². The number of hydrogen-bond donors (Lipinski definition) is 2. The van der Waals surface area contributed by atoms with E-state index >= 15 is 0 Å². The zero-order valence-electron chi connectivity index (χ0n) is 24.0. The number of nitrogens with zero attached hydrogens (tertiary/aromatic N) is 4. The van der Waals surface area contributed by atoms with Crippen molar-refractivity contribution in [3.8, 4) is 5.75 Å². The van der Waals surface area contributed by atoms with Crippen LogP contribution in [-0.2, 0) is 9.84 Å². The van der Waals surface area contributed by atoms with Gasteiger partial charge in [-0.15, -0.1) is 0 Å². The highest BCUT2D eigenvalue weighted by atomic mass is 35.5. The predicted octanol–water partition coefficient (Wildman–Crippen LogP) is 6.56. The maximum Gasteiger partial charge on any atom is 0.229 e. The Balaban J connectivity index is 1.32. The Bertz CT molecular complexity index is 1480. The number of rotatable bonds is 10. The van der Waals surface area contributed by atoms with Crippen LogP contribution in [0.25, 0.3) is 0 Å². The number of sulfone groups is 1. The molecule has 0 spiro atoms. The van der Waals surface area contributed by atoms with Gasteiger partial charge in [-0.25, -0.2) is 17.8 Å². The lowest BCUT2D eigenvalue weighted by molar-refractivity contribution is 0.141. The maximum absolute atomic E-state index is 13.4. The number of para-hydroxylation sites is 1. The maximum atomic E-state index is 13.4. The minimum Gasteiger partial charge on any atom is -0.461 e. The van der Waals surface area contributed by atoms with Gasteiger partial charge in [0, 0.05) is 30.9 Å². The summed E-state index contributed by atoms with van der Waals surface area (Å²) >= 11 is 6.38. The van der Waals surface area contributed by atoms with Crippen LogP contribution < -0.4 is 20.3 Å². The van der Waals surface area contributed by atoms with E-state index < -0.39 is 21.9 Å². The highest BCUT2D eigenvalue weighted by molar-refractivity contribution is 7.92. The van der Waals surface area contributed by atoms with Crippen LogP contribution in [0.1, 0.15) is 46.0 Å². The third-order valence-electron chi connectivity index (χ3n) is 7.97. The molecule has 0 unspecified atom stereocenters. The van der Waals surface area contributed by atoms with Crippen LogP contribution in [0.3, 0.4) is 0 Å². The minimum absolute atomic E-state index is 0.151. The van der Waals surface area contributed by atoms with Gasteiger partial charge in [0.05, 0.1) is 27.7 Å². The second-order valence-corrected chi connectivity index (χ2v) is 13.9. The van der Waals surface area contributed by atoms with Gasteiger partial charge in [-0.2, -0.15) is 4.98 Å². The molecule has 3 heterocycles. The highest BCUT2D eigenvalue weighted by Gasteiger charge is 2.26. The van der Waals surface area contributed by atoms with E-state index in [9.17, 15) is 12.8 Å². The van der Waals surface area contributed by atoms with Crippen molar-refractivity contribution in [2.45, 2.75) is 62.1 Å². The molecule has 12 heteroatoms. The molecule has 2 N–H and O–H groups in total. The van der Waals surface area contributed by atoms with Crippen LogP contribution in [0.2, 0.25) is 5.02 Å². The van der Waals surface area contributed by atoms with Crippen molar-refractivity contribution in [3.63, 3.8) is 0 Å². The highest BCUT2D eigenvalue weighted by Crippen LogP contribution is 2.35. The fourth-order valence-electron chi connectivity index (χ4n) is 5.60. The van der Waals surface area contributed by atoms with E-state index in [1.165, 1.54) is 38.5 Å². The summed E-state index contributed by atoms with van der Waals surface area (Å²) in [7, 11) is -3.56. The molecule has 2 aliphatic heterocycles. The number of hydrogen-bond acceptors (Lipinski definition) is 9. The van der Waals surface area contributed by atoms with E-state index in [4.69, 9.17) is 16.3 Å². The molecule has 1 aromatic heterocycles. The summed E-state index contributed by atoms with van der Waals surface area (Å²) in [5, 5.41) is 5.75.